The molecular weight excluding hydrogens is 212 g/mol. The molecule has 0 bridgehead atoms. The van der Waals surface area contributed by atoms with E-state index in [2.05, 4.69) is 12.6 Å². The fourth-order valence-corrected chi connectivity index (χ4v) is 1.31. The molecule has 0 heterocycles. The van der Waals surface area contributed by atoms with Gasteiger partial charge < -0.3 is 9.47 Å². The number of esters is 1. The normalized spacial score (nSPS) is 10.0. The van der Waals surface area contributed by atoms with E-state index in [4.69, 9.17) is 9.47 Å². The van der Waals surface area contributed by atoms with Gasteiger partial charge >= 0.3 is 5.97 Å². The molecular formula is C11H14O3S. The Morgan fingerprint density at radius 1 is 1.33 bits per heavy atom. The summed E-state index contributed by atoms with van der Waals surface area (Å²) in [6.45, 7) is 3.22. The van der Waals surface area contributed by atoms with Gasteiger partial charge in [-0.3, -0.25) is 0 Å². The molecule has 0 atom stereocenters. The summed E-state index contributed by atoms with van der Waals surface area (Å²) in [7, 11) is 0. The van der Waals surface area contributed by atoms with Crippen LogP contribution in [0.5, 0.6) is 0 Å². The number of carbonyl (C=O) groups is 1. The van der Waals surface area contributed by atoms with E-state index in [0.29, 0.717) is 23.7 Å². The lowest BCUT2D eigenvalue weighted by atomic mass is 10.2. The average Bonchev–Trinajstić information content (AvgIpc) is 2.25. The molecule has 0 aliphatic carbocycles. The van der Waals surface area contributed by atoms with Gasteiger partial charge in [0.2, 0.25) is 0 Å². The largest absolute Gasteiger partial charge is 0.460 e. The van der Waals surface area contributed by atoms with Crippen molar-refractivity contribution in [2.24, 2.45) is 0 Å². The fourth-order valence-electron chi connectivity index (χ4n) is 1.06. The van der Waals surface area contributed by atoms with E-state index in [0.717, 1.165) is 0 Å². The third-order valence-corrected chi connectivity index (χ3v) is 2.18. The monoisotopic (exact) mass is 226 g/mol. The number of hydrogen-bond donors (Lipinski definition) is 1. The lowest BCUT2D eigenvalue weighted by Crippen LogP contribution is -2.11. The maximum Gasteiger partial charge on any atom is 0.339 e. The summed E-state index contributed by atoms with van der Waals surface area (Å²) < 4.78 is 10.1. The quantitative estimate of drug-likeness (QED) is 0.475. The molecule has 0 N–H and O–H groups in total. The molecule has 1 aromatic carbocycles. The molecule has 1 aromatic rings. The molecule has 0 aromatic heterocycles. The van der Waals surface area contributed by atoms with Gasteiger partial charge in [-0.2, -0.15) is 0 Å². The van der Waals surface area contributed by atoms with E-state index in [1.807, 2.05) is 13.0 Å². The first-order valence-corrected chi connectivity index (χ1v) is 5.23. The van der Waals surface area contributed by atoms with Crippen LogP contribution >= 0.6 is 12.6 Å². The molecule has 0 aliphatic heterocycles. The molecule has 0 amide bonds. The highest BCUT2D eigenvalue weighted by Gasteiger charge is 2.09. The Morgan fingerprint density at radius 3 is 2.73 bits per heavy atom. The van der Waals surface area contributed by atoms with Crippen molar-refractivity contribution in [1.29, 1.82) is 0 Å². The molecule has 0 saturated carbocycles. The highest BCUT2D eigenvalue weighted by Crippen LogP contribution is 2.13. The molecule has 82 valence electrons. The second-order valence-electron chi connectivity index (χ2n) is 2.85. The summed E-state index contributed by atoms with van der Waals surface area (Å²) in [5.74, 6) is -0.361. The van der Waals surface area contributed by atoms with Crippen molar-refractivity contribution in [3.63, 3.8) is 0 Å². The zero-order valence-corrected chi connectivity index (χ0v) is 9.50. The molecule has 0 fully saturated rings. The summed E-state index contributed by atoms with van der Waals surface area (Å²) in [6, 6.07) is 7.03. The van der Waals surface area contributed by atoms with Gasteiger partial charge in [0.15, 0.2) is 0 Å². The number of rotatable bonds is 5. The van der Waals surface area contributed by atoms with E-state index in [1.54, 1.807) is 18.2 Å². The molecule has 3 nitrogen and oxygen atoms in total. The average molecular weight is 226 g/mol. The minimum atomic E-state index is -0.361. The van der Waals surface area contributed by atoms with E-state index in [9.17, 15) is 4.79 Å². The zero-order valence-electron chi connectivity index (χ0n) is 8.60. The molecule has 15 heavy (non-hydrogen) atoms. The first kappa shape index (κ1) is 12.1. The maximum absolute atomic E-state index is 11.5. The van der Waals surface area contributed by atoms with Gasteiger partial charge in [-0.1, -0.05) is 12.1 Å². The van der Waals surface area contributed by atoms with Gasteiger partial charge in [0.1, 0.15) is 6.61 Å². The van der Waals surface area contributed by atoms with E-state index in [-0.39, 0.29) is 12.6 Å². The van der Waals surface area contributed by atoms with Crippen molar-refractivity contribution < 1.29 is 14.3 Å². The predicted molar refractivity (Wildman–Crippen MR) is 60.5 cm³/mol. The van der Waals surface area contributed by atoms with Gasteiger partial charge in [0, 0.05) is 11.5 Å². The Balaban J connectivity index is 2.44. The summed E-state index contributed by atoms with van der Waals surface area (Å²) in [5, 5.41) is 0. The third kappa shape index (κ3) is 3.93. The highest BCUT2D eigenvalue weighted by atomic mass is 32.1. The minimum Gasteiger partial charge on any atom is -0.460 e. The first-order valence-electron chi connectivity index (χ1n) is 4.78. The molecule has 0 aliphatic rings. The lowest BCUT2D eigenvalue weighted by molar-refractivity contribution is 0.0332. The molecule has 0 unspecified atom stereocenters. The number of benzene rings is 1. The minimum absolute atomic E-state index is 0.273. The van der Waals surface area contributed by atoms with Crippen molar-refractivity contribution >= 4 is 18.6 Å². The van der Waals surface area contributed by atoms with Gasteiger partial charge in [-0.25, -0.2) is 4.79 Å². The lowest BCUT2D eigenvalue weighted by Gasteiger charge is -2.06. The van der Waals surface area contributed by atoms with Crippen molar-refractivity contribution in [2.75, 3.05) is 19.8 Å². The number of carbonyl (C=O) groups excluding carboxylic acids is 1. The SMILES string of the molecule is CCOCCOC(=O)c1ccccc1S. The van der Waals surface area contributed by atoms with Crippen LogP contribution in [-0.2, 0) is 9.47 Å². The van der Waals surface area contributed by atoms with Gasteiger partial charge in [-0.15, -0.1) is 12.6 Å². The predicted octanol–water partition coefficient (Wildman–Crippen LogP) is 2.17. The first-order chi connectivity index (χ1) is 7.25. The summed E-state index contributed by atoms with van der Waals surface area (Å²) in [5.41, 5.74) is 0.484. The highest BCUT2D eigenvalue weighted by molar-refractivity contribution is 7.80. The smallest absolute Gasteiger partial charge is 0.339 e. The Labute approximate surface area is 94.8 Å². The Bertz CT molecular complexity index is 325. The fraction of sp³-hybridized carbons (Fsp3) is 0.364. The summed E-state index contributed by atoms with van der Waals surface area (Å²) in [4.78, 5) is 12.1. The van der Waals surface area contributed by atoms with Gasteiger partial charge in [0.25, 0.3) is 0 Å². The van der Waals surface area contributed by atoms with Crippen LogP contribution in [0.2, 0.25) is 0 Å². The number of ether oxygens (including phenoxy) is 2. The van der Waals surface area contributed by atoms with Gasteiger partial charge in [0.05, 0.1) is 12.2 Å². The number of hydrogen-bond acceptors (Lipinski definition) is 4. The second kappa shape index (κ2) is 6.48. The zero-order chi connectivity index (χ0) is 11.1. The van der Waals surface area contributed by atoms with Crippen LogP contribution in [0.1, 0.15) is 17.3 Å². The topological polar surface area (TPSA) is 35.5 Å². The van der Waals surface area contributed by atoms with Crippen molar-refractivity contribution in [1.82, 2.24) is 0 Å². The molecule has 0 spiro atoms. The van der Waals surface area contributed by atoms with E-state index in [1.165, 1.54) is 0 Å². The molecule has 1 rings (SSSR count). The van der Waals surface area contributed by atoms with Crippen LogP contribution in [0.15, 0.2) is 29.2 Å². The summed E-state index contributed by atoms with van der Waals surface area (Å²) in [6.07, 6.45) is 0. The summed E-state index contributed by atoms with van der Waals surface area (Å²) >= 11 is 4.17. The standard InChI is InChI=1S/C11H14O3S/c1-2-13-7-8-14-11(12)9-5-3-4-6-10(9)15/h3-6,15H,2,7-8H2,1H3. The molecule has 0 radical (unpaired) electrons. The Kier molecular flexibility index (Phi) is 5.21. The molecule has 4 heteroatoms. The van der Waals surface area contributed by atoms with Crippen LogP contribution in [0.4, 0.5) is 0 Å². The van der Waals surface area contributed by atoms with Crippen molar-refractivity contribution in [3.8, 4) is 0 Å². The van der Waals surface area contributed by atoms with E-state index >= 15 is 0 Å². The van der Waals surface area contributed by atoms with Gasteiger partial charge in [-0.05, 0) is 19.1 Å². The number of thiol groups is 1. The molecule has 0 saturated heterocycles. The maximum atomic E-state index is 11.5. The van der Waals surface area contributed by atoms with Crippen molar-refractivity contribution in [3.05, 3.63) is 29.8 Å². The van der Waals surface area contributed by atoms with Crippen LogP contribution in [0, 0.1) is 0 Å². The van der Waals surface area contributed by atoms with Crippen LogP contribution in [-0.4, -0.2) is 25.8 Å². The van der Waals surface area contributed by atoms with Crippen LogP contribution in [0.3, 0.4) is 0 Å². The second-order valence-corrected chi connectivity index (χ2v) is 3.33. The Morgan fingerprint density at radius 2 is 2.07 bits per heavy atom. The Hall–Kier alpha value is -1.00. The van der Waals surface area contributed by atoms with Crippen LogP contribution < -0.4 is 0 Å². The van der Waals surface area contributed by atoms with Crippen LogP contribution in [0.25, 0.3) is 0 Å². The third-order valence-electron chi connectivity index (χ3n) is 1.79. The van der Waals surface area contributed by atoms with Crippen molar-refractivity contribution in [2.45, 2.75) is 11.8 Å². The van der Waals surface area contributed by atoms with E-state index < -0.39 is 0 Å².